The summed E-state index contributed by atoms with van der Waals surface area (Å²) in [6.07, 6.45) is 9.79. The zero-order valence-corrected chi connectivity index (χ0v) is 30.0. The van der Waals surface area contributed by atoms with Crippen molar-refractivity contribution in [2.24, 2.45) is 0 Å². The fourth-order valence-corrected chi connectivity index (χ4v) is 7.58. The molecule has 0 fully saturated rings. The highest BCUT2D eigenvalue weighted by molar-refractivity contribution is 6.12. The fraction of sp³-hybridized carbons (Fsp3) is 0.0392. The van der Waals surface area contributed by atoms with Crippen molar-refractivity contribution in [3.05, 3.63) is 200 Å². The highest BCUT2D eigenvalue weighted by Gasteiger charge is 2.19. The summed E-state index contributed by atoms with van der Waals surface area (Å²) >= 11 is 0. The number of rotatable bonds is 7. The van der Waals surface area contributed by atoms with Gasteiger partial charge in [0.05, 0.1) is 0 Å². The molecule has 0 N–H and O–H groups in total. The highest BCUT2D eigenvalue weighted by Crippen LogP contribution is 2.39. The fourth-order valence-electron chi connectivity index (χ4n) is 7.58. The third-order valence-corrected chi connectivity index (χ3v) is 10.5. The van der Waals surface area contributed by atoms with E-state index in [9.17, 15) is 0 Å². The highest BCUT2D eigenvalue weighted by atomic mass is 16.3. The molecule has 7 aromatic carbocycles. The predicted molar refractivity (Wildman–Crippen MR) is 225 cm³/mol. The standard InChI is InChI=1S/C51H35N3O/c1-4-11-34(12-5-1)37-19-21-40(22-20-37)43-31-32-44-47(33-43)55-46-18-10-17-45(48(44)46)51-53-49(41-27-23-38(24-28-41)35-13-6-2-7-14-35)52-50(54-51)42-29-25-39(26-30-42)36-15-8-3-9-16-36/h1-11,13-34H,12H2. The minimum atomic E-state index is 0.425. The molecule has 1 aliphatic carbocycles. The first-order valence-corrected chi connectivity index (χ1v) is 18.7. The van der Waals surface area contributed by atoms with E-state index in [0.29, 0.717) is 23.4 Å². The van der Waals surface area contributed by atoms with Crippen molar-refractivity contribution >= 4 is 21.9 Å². The van der Waals surface area contributed by atoms with Gasteiger partial charge in [-0.1, -0.05) is 176 Å². The number of furan rings is 1. The lowest BCUT2D eigenvalue weighted by Crippen LogP contribution is -2.00. The Morgan fingerprint density at radius 2 is 0.945 bits per heavy atom. The van der Waals surface area contributed by atoms with Crippen LogP contribution in [0.2, 0.25) is 0 Å². The molecule has 9 aromatic rings. The molecule has 1 unspecified atom stereocenters. The van der Waals surface area contributed by atoms with Crippen molar-refractivity contribution in [3.63, 3.8) is 0 Å². The van der Waals surface area contributed by atoms with Crippen LogP contribution in [0.25, 0.3) is 89.5 Å². The summed E-state index contributed by atoms with van der Waals surface area (Å²) in [4.78, 5) is 15.3. The molecule has 0 spiro atoms. The normalized spacial score (nSPS) is 13.8. The Morgan fingerprint density at radius 1 is 0.418 bits per heavy atom. The molecule has 2 aromatic heterocycles. The minimum Gasteiger partial charge on any atom is -0.456 e. The summed E-state index contributed by atoms with van der Waals surface area (Å²) in [6, 6.07) is 59.2. The number of fused-ring (bicyclic) bond motifs is 3. The van der Waals surface area contributed by atoms with Gasteiger partial charge in [-0.15, -0.1) is 0 Å². The molecule has 4 heteroatoms. The van der Waals surface area contributed by atoms with Crippen LogP contribution < -0.4 is 0 Å². The van der Waals surface area contributed by atoms with Gasteiger partial charge in [0.15, 0.2) is 17.5 Å². The van der Waals surface area contributed by atoms with Crippen molar-refractivity contribution < 1.29 is 4.42 Å². The van der Waals surface area contributed by atoms with Gasteiger partial charge in [0, 0.05) is 33.4 Å². The molecule has 4 nitrogen and oxygen atoms in total. The van der Waals surface area contributed by atoms with E-state index >= 15 is 0 Å². The van der Waals surface area contributed by atoms with Crippen LogP contribution in [-0.2, 0) is 0 Å². The second-order valence-electron chi connectivity index (χ2n) is 14.0. The molecular weight excluding hydrogens is 671 g/mol. The second kappa shape index (κ2) is 14.0. The van der Waals surface area contributed by atoms with E-state index in [4.69, 9.17) is 19.4 Å². The van der Waals surface area contributed by atoms with E-state index in [1.807, 2.05) is 24.3 Å². The predicted octanol–water partition coefficient (Wildman–Crippen LogP) is 13.4. The molecule has 0 aliphatic heterocycles. The van der Waals surface area contributed by atoms with Gasteiger partial charge in [0.25, 0.3) is 0 Å². The maximum atomic E-state index is 6.55. The van der Waals surface area contributed by atoms with Gasteiger partial charge >= 0.3 is 0 Å². The molecule has 1 atom stereocenters. The first kappa shape index (κ1) is 32.5. The van der Waals surface area contributed by atoms with Crippen molar-refractivity contribution in [3.8, 4) is 67.5 Å². The Bertz CT molecular complexity index is 2750. The molecule has 1 aliphatic rings. The summed E-state index contributed by atoms with van der Waals surface area (Å²) in [5.74, 6) is 2.25. The largest absolute Gasteiger partial charge is 0.456 e. The molecule has 0 saturated carbocycles. The smallest absolute Gasteiger partial charge is 0.164 e. The SMILES string of the molecule is C1=CCC(c2ccc(-c3ccc4c(c3)oc3cccc(-c5nc(-c6ccc(-c7ccccc7)cc6)nc(-c6ccc(-c7ccccc7)cc6)n5)c34)cc2)C=C1. The van der Waals surface area contributed by atoms with Crippen molar-refractivity contribution in [2.45, 2.75) is 12.3 Å². The van der Waals surface area contributed by atoms with Crippen LogP contribution in [0.4, 0.5) is 0 Å². The van der Waals surface area contributed by atoms with Crippen LogP contribution in [0.15, 0.2) is 199 Å². The Balaban J connectivity index is 1.06. The van der Waals surface area contributed by atoms with Crippen LogP contribution in [-0.4, -0.2) is 15.0 Å². The van der Waals surface area contributed by atoms with Crippen LogP contribution in [0.1, 0.15) is 17.9 Å². The lowest BCUT2D eigenvalue weighted by molar-refractivity contribution is 0.669. The van der Waals surface area contributed by atoms with Crippen LogP contribution >= 0.6 is 0 Å². The molecule has 2 heterocycles. The first-order valence-electron chi connectivity index (χ1n) is 18.7. The number of hydrogen-bond acceptors (Lipinski definition) is 4. The van der Waals surface area contributed by atoms with Gasteiger partial charge in [-0.3, -0.25) is 0 Å². The van der Waals surface area contributed by atoms with E-state index in [1.165, 1.54) is 5.56 Å². The number of hydrogen-bond donors (Lipinski definition) is 0. The van der Waals surface area contributed by atoms with E-state index < -0.39 is 0 Å². The summed E-state index contributed by atoms with van der Waals surface area (Å²) in [6.45, 7) is 0. The number of nitrogens with zero attached hydrogens (tertiary/aromatic N) is 3. The van der Waals surface area contributed by atoms with Crippen molar-refractivity contribution in [1.29, 1.82) is 0 Å². The summed E-state index contributed by atoms with van der Waals surface area (Å²) < 4.78 is 6.55. The Labute approximate surface area is 319 Å². The zero-order valence-electron chi connectivity index (χ0n) is 30.0. The number of aromatic nitrogens is 3. The van der Waals surface area contributed by atoms with E-state index in [0.717, 1.165) is 78.4 Å². The average molecular weight is 706 g/mol. The van der Waals surface area contributed by atoms with Gasteiger partial charge in [-0.05, 0) is 63.6 Å². The third-order valence-electron chi connectivity index (χ3n) is 10.5. The maximum Gasteiger partial charge on any atom is 0.164 e. The van der Waals surface area contributed by atoms with Crippen molar-refractivity contribution in [2.75, 3.05) is 0 Å². The van der Waals surface area contributed by atoms with Gasteiger partial charge in [0.1, 0.15) is 11.2 Å². The lowest BCUT2D eigenvalue weighted by Gasteiger charge is -2.14. The monoisotopic (exact) mass is 705 g/mol. The van der Waals surface area contributed by atoms with Crippen LogP contribution in [0, 0.1) is 0 Å². The zero-order chi connectivity index (χ0) is 36.6. The van der Waals surface area contributed by atoms with Crippen molar-refractivity contribution in [1.82, 2.24) is 15.0 Å². The Kier molecular flexibility index (Phi) is 8.27. The quantitative estimate of drug-likeness (QED) is 0.166. The number of allylic oxidation sites excluding steroid dienone is 4. The Hall–Kier alpha value is -7.17. The van der Waals surface area contributed by atoms with E-state index in [1.54, 1.807) is 0 Å². The minimum absolute atomic E-state index is 0.425. The van der Waals surface area contributed by atoms with Gasteiger partial charge in [-0.25, -0.2) is 15.0 Å². The summed E-state index contributed by atoms with van der Waals surface area (Å²) in [5, 5.41) is 2.01. The first-order chi connectivity index (χ1) is 27.2. The summed E-state index contributed by atoms with van der Waals surface area (Å²) in [7, 11) is 0. The molecule has 260 valence electrons. The molecule has 0 amide bonds. The molecule has 55 heavy (non-hydrogen) atoms. The van der Waals surface area contributed by atoms with E-state index in [-0.39, 0.29) is 0 Å². The van der Waals surface area contributed by atoms with Gasteiger partial charge in [0.2, 0.25) is 0 Å². The molecule has 0 bridgehead atoms. The molecule has 0 saturated heterocycles. The summed E-state index contributed by atoms with van der Waals surface area (Å²) in [5.41, 5.74) is 12.6. The van der Waals surface area contributed by atoms with Crippen LogP contribution in [0.3, 0.4) is 0 Å². The van der Waals surface area contributed by atoms with Gasteiger partial charge < -0.3 is 4.42 Å². The Morgan fingerprint density at radius 3 is 1.55 bits per heavy atom. The topological polar surface area (TPSA) is 51.8 Å². The molecule has 0 radical (unpaired) electrons. The molecule has 10 rings (SSSR count). The number of benzene rings is 7. The maximum absolute atomic E-state index is 6.55. The van der Waals surface area contributed by atoms with Gasteiger partial charge in [-0.2, -0.15) is 0 Å². The van der Waals surface area contributed by atoms with Crippen LogP contribution in [0.5, 0.6) is 0 Å². The third kappa shape index (κ3) is 6.34. The second-order valence-corrected chi connectivity index (χ2v) is 14.0. The average Bonchev–Trinajstić information content (AvgIpc) is 3.66. The van der Waals surface area contributed by atoms with E-state index in [2.05, 4.69) is 170 Å². The lowest BCUT2D eigenvalue weighted by atomic mass is 9.91. The molecular formula is C51H35N3O.